The van der Waals surface area contributed by atoms with E-state index in [0.717, 1.165) is 34.4 Å². The van der Waals surface area contributed by atoms with Crippen molar-refractivity contribution in [1.29, 1.82) is 0 Å². The van der Waals surface area contributed by atoms with E-state index in [1.807, 2.05) is 39.0 Å². The Labute approximate surface area is 161 Å². The number of nitrogens with zero attached hydrogens (tertiary/aromatic N) is 1. The second-order valence-electron chi connectivity index (χ2n) is 7.34. The molecule has 144 valence electrons. The summed E-state index contributed by atoms with van der Waals surface area (Å²) in [5, 5.41) is 0. The normalized spacial score (nSPS) is 20.0. The van der Waals surface area contributed by atoms with Crippen LogP contribution in [0.4, 0.5) is 0 Å². The van der Waals surface area contributed by atoms with Crippen molar-refractivity contribution in [3.63, 3.8) is 0 Å². The number of sulfonamides is 1. The van der Waals surface area contributed by atoms with Gasteiger partial charge in [0.15, 0.2) is 11.5 Å². The fourth-order valence-corrected chi connectivity index (χ4v) is 5.49. The molecular formula is C21H25NO4S. The summed E-state index contributed by atoms with van der Waals surface area (Å²) >= 11 is 0. The molecule has 2 heterocycles. The zero-order valence-electron chi connectivity index (χ0n) is 16.0. The molecule has 2 aliphatic rings. The largest absolute Gasteiger partial charge is 0.490 e. The summed E-state index contributed by atoms with van der Waals surface area (Å²) in [7, 11) is -3.56. The SMILES string of the molecule is Cc1ccc(S(=O)(=O)N2CCc3cc4c(cc3[C@H]2C)OCCCO4)cc1C. The van der Waals surface area contributed by atoms with Gasteiger partial charge in [-0.1, -0.05) is 6.07 Å². The van der Waals surface area contributed by atoms with Crippen LogP contribution >= 0.6 is 0 Å². The first-order valence-electron chi connectivity index (χ1n) is 9.39. The first-order valence-corrected chi connectivity index (χ1v) is 10.8. The highest BCUT2D eigenvalue weighted by molar-refractivity contribution is 7.89. The lowest BCUT2D eigenvalue weighted by atomic mass is 9.94. The number of hydrogen-bond acceptors (Lipinski definition) is 4. The molecule has 4 rings (SSSR count). The van der Waals surface area contributed by atoms with Gasteiger partial charge in [0, 0.05) is 19.0 Å². The van der Waals surface area contributed by atoms with Gasteiger partial charge in [-0.05, 0) is 73.7 Å². The van der Waals surface area contributed by atoms with E-state index in [9.17, 15) is 8.42 Å². The molecule has 0 saturated carbocycles. The van der Waals surface area contributed by atoms with Gasteiger partial charge in [0.1, 0.15) is 0 Å². The highest BCUT2D eigenvalue weighted by Gasteiger charge is 2.35. The molecule has 6 heteroatoms. The van der Waals surface area contributed by atoms with Gasteiger partial charge in [0.2, 0.25) is 10.0 Å². The maximum atomic E-state index is 13.3. The van der Waals surface area contributed by atoms with Gasteiger partial charge in [-0.15, -0.1) is 0 Å². The Hall–Kier alpha value is -2.05. The number of hydrogen-bond donors (Lipinski definition) is 0. The van der Waals surface area contributed by atoms with Crippen LogP contribution in [0.1, 0.15) is 41.6 Å². The van der Waals surface area contributed by atoms with Gasteiger partial charge in [-0.3, -0.25) is 0 Å². The molecular weight excluding hydrogens is 362 g/mol. The third-order valence-electron chi connectivity index (χ3n) is 5.58. The van der Waals surface area contributed by atoms with Crippen LogP contribution in [0.5, 0.6) is 11.5 Å². The predicted molar refractivity (Wildman–Crippen MR) is 104 cm³/mol. The fraction of sp³-hybridized carbons (Fsp3) is 0.429. The van der Waals surface area contributed by atoms with E-state index in [4.69, 9.17) is 9.47 Å². The van der Waals surface area contributed by atoms with Crippen molar-refractivity contribution in [1.82, 2.24) is 4.31 Å². The van der Waals surface area contributed by atoms with Gasteiger partial charge >= 0.3 is 0 Å². The van der Waals surface area contributed by atoms with E-state index >= 15 is 0 Å². The van der Waals surface area contributed by atoms with E-state index in [2.05, 4.69) is 0 Å². The molecule has 1 atom stereocenters. The Bertz CT molecular complexity index is 984. The second kappa shape index (κ2) is 6.84. The first-order chi connectivity index (χ1) is 12.9. The summed E-state index contributed by atoms with van der Waals surface area (Å²) in [5.41, 5.74) is 4.21. The summed E-state index contributed by atoms with van der Waals surface area (Å²) in [5.74, 6) is 1.48. The minimum atomic E-state index is -3.56. The Kier molecular flexibility index (Phi) is 4.64. The molecule has 2 aromatic carbocycles. The van der Waals surface area contributed by atoms with E-state index in [0.29, 0.717) is 36.8 Å². The number of rotatable bonds is 2. The Morgan fingerprint density at radius 1 is 1.00 bits per heavy atom. The Morgan fingerprint density at radius 3 is 2.41 bits per heavy atom. The molecule has 0 saturated heterocycles. The molecule has 0 amide bonds. The topological polar surface area (TPSA) is 55.8 Å². The molecule has 2 aromatic rings. The molecule has 0 fully saturated rings. The van der Waals surface area contributed by atoms with Crippen molar-refractivity contribution < 1.29 is 17.9 Å². The minimum Gasteiger partial charge on any atom is -0.490 e. The second-order valence-corrected chi connectivity index (χ2v) is 9.23. The molecule has 27 heavy (non-hydrogen) atoms. The summed E-state index contributed by atoms with van der Waals surface area (Å²) in [4.78, 5) is 0.357. The maximum Gasteiger partial charge on any atom is 0.243 e. The molecule has 2 aliphatic heterocycles. The van der Waals surface area contributed by atoms with Crippen LogP contribution < -0.4 is 9.47 Å². The van der Waals surface area contributed by atoms with E-state index in [-0.39, 0.29) is 6.04 Å². The predicted octanol–water partition coefficient (Wildman–Crippen LogP) is 3.77. The molecule has 0 bridgehead atoms. The number of benzene rings is 2. The Balaban J connectivity index is 1.71. The van der Waals surface area contributed by atoms with Crippen LogP contribution in [-0.4, -0.2) is 32.5 Å². The average molecular weight is 388 g/mol. The minimum absolute atomic E-state index is 0.252. The monoisotopic (exact) mass is 387 g/mol. The van der Waals surface area contributed by atoms with Crippen molar-refractivity contribution in [3.05, 3.63) is 52.6 Å². The van der Waals surface area contributed by atoms with Crippen LogP contribution in [-0.2, 0) is 16.4 Å². The standard InChI is InChI=1S/C21H25NO4S/c1-14-5-6-18(11-15(14)2)27(23,24)22-8-7-17-12-20-21(13-19(17)16(22)3)26-10-4-9-25-20/h5-6,11-13,16H,4,7-10H2,1-3H3/t16-/m1/s1. The summed E-state index contributed by atoms with van der Waals surface area (Å²) in [6.45, 7) is 7.60. The zero-order valence-corrected chi connectivity index (χ0v) is 16.8. The van der Waals surface area contributed by atoms with Gasteiger partial charge in [-0.25, -0.2) is 8.42 Å². The quantitative estimate of drug-likeness (QED) is 0.787. The molecule has 0 N–H and O–H groups in total. The third kappa shape index (κ3) is 3.21. The highest BCUT2D eigenvalue weighted by atomic mass is 32.2. The number of fused-ring (bicyclic) bond motifs is 2. The van der Waals surface area contributed by atoms with Gasteiger partial charge in [0.05, 0.1) is 18.1 Å². The van der Waals surface area contributed by atoms with Crippen molar-refractivity contribution in [2.75, 3.05) is 19.8 Å². The van der Waals surface area contributed by atoms with E-state index < -0.39 is 10.0 Å². The molecule has 0 aromatic heterocycles. The van der Waals surface area contributed by atoms with Crippen LogP contribution in [0, 0.1) is 13.8 Å². The highest BCUT2D eigenvalue weighted by Crippen LogP contribution is 2.40. The smallest absolute Gasteiger partial charge is 0.243 e. The maximum absolute atomic E-state index is 13.3. The van der Waals surface area contributed by atoms with E-state index in [1.165, 1.54) is 0 Å². The zero-order chi connectivity index (χ0) is 19.2. The summed E-state index contributed by atoms with van der Waals surface area (Å²) < 4.78 is 39.8. The summed E-state index contributed by atoms with van der Waals surface area (Å²) in [6, 6.07) is 9.07. The number of ether oxygens (including phenoxy) is 2. The van der Waals surface area contributed by atoms with Crippen LogP contribution in [0.3, 0.4) is 0 Å². The van der Waals surface area contributed by atoms with E-state index in [1.54, 1.807) is 16.4 Å². The molecule has 0 radical (unpaired) electrons. The Morgan fingerprint density at radius 2 is 1.70 bits per heavy atom. The molecule has 5 nitrogen and oxygen atoms in total. The lowest BCUT2D eigenvalue weighted by Crippen LogP contribution is -2.38. The fourth-order valence-electron chi connectivity index (χ4n) is 3.79. The molecule has 0 spiro atoms. The summed E-state index contributed by atoms with van der Waals surface area (Å²) in [6.07, 6.45) is 1.52. The van der Waals surface area contributed by atoms with Crippen molar-refractivity contribution in [3.8, 4) is 11.5 Å². The van der Waals surface area contributed by atoms with Crippen molar-refractivity contribution in [2.45, 2.75) is 44.6 Å². The average Bonchev–Trinajstić information content (AvgIpc) is 2.87. The molecule has 0 aliphatic carbocycles. The van der Waals surface area contributed by atoms with Crippen molar-refractivity contribution >= 4 is 10.0 Å². The van der Waals surface area contributed by atoms with Crippen LogP contribution in [0.15, 0.2) is 35.2 Å². The number of aryl methyl sites for hydroxylation is 2. The first kappa shape index (κ1) is 18.3. The third-order valence-corrected chi connectivity index (χ3v) is 7.54. The van der Waals surface area contributed by atoms with Crippen LogP contribution in [0.2, 0.25) is 0 Å². The van der Waals surface area contributed by atoms with Crippen LogP contribution in [0.25, 0.3) is 0 Å². The van der Waals surface area contributed by atoms with Gasteiger partial charge in [-0.2, -0.15) is 4.31 Å². The lowest BCUT2D eigenvalue weighted by molar-refractivity contribution is 0.296. The van der Waals surface area contributed by atoms with Crippen molar-refractivity contribution in [2.24, 2.45) is 0 Å². The van der Waals surface area contributed by atoms with Gasteiger partial charge < -0.3 is 9.47 Å². The van der Waals surface area contributed by atoms with Gasteiger partial charge in [0.25, 0.3) is 0 Å². The lowest BCUT2D eigenvalue weighted by Gasteiger charge is -2.34. The molecule has 0 unspecified atom stereocenters.